The number of amides is 5. The smallest absolute Gasteiger partial charge is 0.322 e. The topological polar surface area (TPSA) is 125 Å². The summed E-state index contributed by atoms with van der Waals surface area (Å²) in [7, 11) is 0. The maximum atomic E-state index is 12.7. The monoisotopic (exact) mass is 424 g/mol. The van der Waals surface area contributed by atoms with Crippen molar-refractivity contribution < 1.29 is 19.2 Å². The van der Waals surface area contributed by atoms with Crippen molar-refractivity contribution in [3.8, 4) is 0 Å². The van der Waals surface area contributed by atoms with Crippen molar-refractivity contribution in [2.75, 3.05) is 10.6 Å². The van der Waals surface area contributed by atoms with Crippen LogP contribution in [0, 0.1) is 5.92 Å². The minimum atomic E-state index is -0.668. The van der Waals surface area contributed by atoms with Crippen molar-refractivity contribution in [3.63, 3.8) is 0 Å². The van der Waals surface area contributed by atoms with Gasteiger partial charge in [0.1, 0.15) is 6.04 Å². The molecular weight excluding hydrogens is 400 g/mol. The lowest BCUT2D eigenvalue weighted by Gasteiger charge is -2.29. The van der Waals surface area contributed by atoms with E-state index in [9.17, 15) is 19.2 Å². The fourth-order valence-corrected chi connectivity index (χ4v) is 3.84. The van der Waals surface area contributed by atoms with Crippen molar-refractivity contribution in [1.82, 2.24) is 20.0 Å². The number of fused-ring (bicyclic) bond motifs is 1. The maximum Gasteiger partial charge on any atom is 0.324 e. The van der Waals surface area contributed by atoms with Gasteiger partial charge in [-0.15, -0.1) is 0 Å². The number of anilines is 2. The number of nitrogens with zero attached hydrogens (tertiary/aromatic N) is 3. The number of carbonyl (C=O) groups excluding carboxylic acids is 4. The Labute approximate surface area is 179 Å². The molecule has 1 saturated heterocycles. The number of hydrogen-bond donors (Lipinski definition) is 3. The van der Waals surface area contributed by atoms with Crippen LogP contribution in [0.5, 0.6) is 0 Å². The fraction of sp³-hybridized carbons (Fsp3) is 0.381. The number of rotatable bonds is 5. The second kappa shape index (κ2) is 8.21. The van der Waals surface area contributed by atoms with Crippen LogP contribution in [0.3, 0.4) is 0 Å². The van der Waals surface area contributed by atoms with Crippen LogP contribution in [0.1, 0.15) is 42.6 Å². The standard InChI is InChI=1S/C21H24N6O4/c1-12(2)10-26-8-7-17(25-26)23-21(31)22-14-3-4-15-13(9-14)11-27(20(15)30)16-5-6-18(28)24-19(16)29/h3-4,7-9,12,16H,5-6,10-11H2,1-2H3,(H,24,28,29)(H2,22,23,25,31). The predicted molar refractivity (Wildman–Crippen MR) is 112 cm³/mol. The van der Waals surface area contributed by atoms with E-state index in [1.807, 2.05) is 0 Å². The van der Waals surface area contributed by atoms with Crippen molar-refractivity contribution in [2.45, 2.75) is 45.8 Å². The lowest BCUT2D eigenvalue weighted by atomic mass is 10.0. The summed E-state index contributed by atoms with van der Waals surface area (Å²) in [6.07, 6.45) is 2.32. The lowest BCUT2D eigenvalue weighted by Crippen LogP contribution is -2.52. The van der Waals surface area contributed by atoms with Crippen molar-refractivity contribution >= 4 is 35.3 Å². The second-order valence-corrected chi connectivity index (χ2v) is 8.17. The largest absolute Gasteiger partial charge is 0.324 e. The number of benzene rings is 1. The number of aromatic nitrogens is 2. The first-order chi connectivity index (χ1) is 14.8. The number of piperidine rings is 1. The molecule has 1 atom stereocenters. The van der Waals surface area contributed by atoms with Gasteiger partial charge in [-0.25, -0.2) is 4.79 Å². The predicted octanol–water partition coefficient (Wildman–Crippen LogP) is 1.94. The van der Waals surface area contributed by atoms with Gasteiger partial charge in [0.2, 0.25) is 11.8 Å². The highest BCUT2D eigenvalue weighted by molar-refractivity contribution is 6.06. The number of imide groups is 1. The number of hydrogen-bond acceptors (Lipinski definition) is 5. The van der Waals surface area contributed by atoms with Gasteiger partial charge < -0.3 is 10.2 Å². The van der Waals surface area contributed by atoms with Crippen LogP contribution in [0.15, 0.2) is 30.5 Å². The lowest BCUT2D eigenvalue weighted by molar-refractivity contribution is -0.136. The van der Waals surface area contributed by atoms with Gasteiger partial charge in [-0.2, -0.15) is 5.10 Å². The summed E-state index contributed by atoms with van der Waals surface area (Å²) in [5.74, 6) is -0.144. The molecule has 0 bridgehead atoms. The SMILES string of the molecule is CC(C)Cn1ccc(NC(=O)Nc2ccc3c(c2)CN(C2CCC(=O)NC2=O)C3=O)n1. The molecule has 10 nitrogen and oxygen atoms in total. The molecule has 162 valence electrons. The Bertz CT molecular complexity index is 1060. The van der Waals surface area contributed by atoms with Crippen LogP contribution in [0.25, 0.3) is 0 Å². The van der Waals surface area contributed by atoms with Crippen molar-refractivity contribution in [2.24, 2.45) is 5.92 Å². The Morgan fingerprint density at radius 2 is 2.03 bits per heavy atom. The van der Waals surface area contributed by atoms with Gasteiger partial charge in [-0.1, -0.05) is 13.8 Å². The molecule has 0 radical (unpaired) electrons. The zero-order valence-corrected chi connectivity index (χ0v) is 17.3. The van der Waals surface area contributed by atoms with Gasteiger partial charge in [0.15, 0.2) is 5.82 Å². The first-order valence-electron chi connectivity index (χ1n) is 10.2. The third-order valence-electron chi connectivity index (χ3n) is 5.22. The molecule has 31 heavy (non-hydrogen) atoms. The molecule has 2 aliphatic heterocycles. The number of nitrogens with one attached hydrogen (secondary N) is 3. The Balaban J connectivity index is 1.40. The summed E-state index contributed by atoms with van der Waals surface area (Å²) in [4.78, 5) is 50.0. The molecule has 1 aromatic heterocycles. The highest BCUT2D eigenvalue weighted by Crippen LogP contribution is 2.29. The highest BCUT2D eigenvalue weighted by Gasteiger charge is 2.39. The Hall–Kier alpha value is -3.69. The van der Waals surface area contributed by atoms with Gasteiger partial charge in [0.05, 0.1) is 0 Å². The van der Waals surface area contributed by atoms with E-state index in [-0.39, 0.29) is 24.8 Å². The molecule has 0 saturated carbocycles. The number of urea groups is 1. The summed E-state index contributed by atoms with van der Waals surface area (Å²) in [6.45, 7) is 5.17. The zero-order chi connectivity index (χ0) is 22.1. The molecule has 1 fully saturated rings. The first-order valence-corrected chi connectivity index (χ1v) is 10.2. The Morgan fingerprint density at radius 3 is 2.77 bits per heavy atom. The average molecular weight is 424 g/mol. The first kappa shape index (κ1) is 20.6. The normalized spacial score (nSPS) is 18.2. The zero-order valence-electron chi connectivity index (χ0n) is 17.3. The van der Waals surface area contributed by atoms with Crippen molar-refractivity contribution in [1.29, 1.82) is 0 Å². The quantitative estimate of drug-likeness (QED) is 0.633. The Morgan fingerprint density at radius 1 is 1.23 bits per heavy atom. The van der Waals surface area contributed by atoms with Crippen LogP contribution < -0.4 is 16.0 Å². The van der Waals surface area contributed by atoms with Crippen LogP contribution in [0.2, 0.25) is 0 Å². The molecule has 0 spiro atoms. The molecule has 5 amide bonds. The third-order valence-corrected chi connectivity index (χ3v) is 5.22. The number of carbonyl (C=O) groups is 4. The fourth-order valence-electron chi connectivity index (χ4n) is 3.84. The Kier molecular flexibility index (Phi) is 5.45. The van der Waals surface area contributed by atoms with Crippen LogP contribution in [-0.2, 0) is 22.7 Å². The molecule has 3 N–H and O–H groups in total. The van der Waals surface area contributed by atoms with E-state index in [0.29, 0.717) is 35.0 Å². The molecule has 2 aliphatic rings. The summed E-state index contributed by atoms with van der Waals surface area (Å²) in [5, 5.41) is 12.0. The van der Waals surface area contributed by atoms with Gasteiger partial charge in [0.25, 0.3) is 5.91 Å². The van der Waals surface area contributed by atoms with Crippen LogP contribution in [-0.4, -0.2) is 44.5 Å². The second-order valence-electron chi connectivity index (χ2n) is 8.17. The molecule has 10 heteroatoms. The van der Waals surface area contributed by atoms with Gasteiger partial charge >= 0.3 is 6.03 Å². The molecule has 0 aliphatic carbocycles. The van der Waals surface area contributed by atoms with Gasteiger partial charge in [-0.05, 0) is 36.1 Å². The van der Waals surface area contributed by atoms with E-state index in [1.54, 1.807) is 35.1 Å². The molecular formula is C21H24N6O4. The van der Waals surface area contributed by atoms with Gasteiger partial charge in [-0.3, -0.25) is 29.7 Å². The molecule has 1 aromatic carbocycles. The van der Waals surface area contributed by atoms with E-state index in [1.165, 1.54) is 4.90 Å². The van der Waals surface area contributed by atoms with E-state index >= 15 is 0 Å². The summed E-state index contributed by atoms with van der Waals surface area (Å²) >= 11 is 0. The van der Waals surface area contributed by atoms with Crippen LogP contribution in [0.4, 0.5) is 16.3 Å². The summed E-state index contributed by atoms with van der Waals surface area (Å²) in [6, 6.07) is 5.61. The van der Waals surface area contributed by atoms with E-state index in [2.05, 4.69) is 34.9 Å². The third kappa shape index (κ3) is 4.42. The van der Waals surface area contributed by atoms with E-state index in [0.717, 1.165) is 6.54 Å². The van der Waals surface area contributed by atoms with Gasteiger partial charge in [0, 0.05) is 43.0 Å². The van der Waals surface area contributed by atoms with E-state index < -0.39 is 18.0 Å². The van der Waals surface area contributed by atoms with Crippen molar-refractivity contribution in [3.05, 3.63) is 41.6 Å². The minimum absolute atomic E-state index is 0.205. The maximum absolute atomic E-state index is 12.7. The van der Waals surface area contributed by atoms with Crippen LogP contribution >= 0.6 is 0 Å². The molecule has 3 heterocycles. The molecule has 4 rings (SSSR count). The summed E-state index contributed by atoms with van der Waals surface area (Å²) < 4.78 is 1.77. The summed E-state index contributed by atoms with van der Waals surface area (Å²) in [5.41, 5.74) is 1.73. The minimum Gasteiger partial charge on any atom is -0.322 e. The highest BCUT2D eigenvalue weighted by atomic mass is 16.2. The average Bonchev–Trinajstić information content (AvgIpc) is 3.25. The molecule has 2 aromatic rings. The molecule has 1 unspecified atom stereocenters. The van der Waals surface area contributed by atoms with E-state index in [4.69, 9.17) is 0 Å².